The van der Waals surface area contributed by atoms with Crippen molar-refractivity contribution >= 4 is 40.3 Å². The van der Waals surface area contributed by atoms with Gasteiger partial charge >= 0.3 is 0 Å². The van der Waals surface area contributed by atoms with Crippen LogP contribution in [0.15, 0.2) is 77.0 Å². The van der Waals surface area contributed by atoms with Gasteiger partial charge in [-0.3, -0.25) is 10.2 Å². The van der Waals surface area contributed by atoms with Gasteiger partial charge in [-0.1, -0.05) is 48.2 Å². The zero-order valence-electron chi connectivity index (χ0n) is 17.1. The monoisotopic (exact) mass is 452 g/mol. The Labute approximate surface area is 190 Å². The second-order valence-electron chi connectivity index (χ2n) is 7.55. The summed E-state index contributed by atoms with van der Waals surface area (Å²) in [6.07, 6.45) is 7.12. The van der Waals surface area contributed by atoms with Crippen molar-refractivity contribution in [2.24, 2.45) is 5.10 Å². The Kier molecular flexibility index (Phi) is 5.80. The van der Waals surface area contributed by atoms with E-state index >= 15 is 0 Å². The second-order valence-corrected chi connectivity index (χ2v) is 9.37. The Morgan fingerprint density at radius 1 is 1.19 bits per heavy atom. The van der Waals surface area contributed by atoms with E-state index in [9.17, 15) is 4.79 Å². The number of carbonyl (C=O) groups is 1. The lowest BCUT2D eigenvalue weighted by molar-refractivity contribution is -0.113. The molecule has 0 aliphatic carbocycles. The standard InChI is InChI=1S/C22H24N6OS2/c1-30-17-9-5-8-16(12-17)23-20(29)14-31-22-25-24-21-19-13-18(15-6-3-2-4-7-15)26-28(19)11-10-27(21)22/h2-12,18-19,21,24,26H,13-14H2,1H3,(H,23,29). The van der Waals surface area contributed by atoms with Crippen molar-refractivity contribution in [3.05, 3.63) is 72.6 Å². The summed E-state index contributed by atoms with van der Waals surface area (Å²) < 4.78 is 0. The van der Waals surface area contributed by atoms with Gasteiger partial charge in [0.1, 0.15) is 6.17 Å². The molecule has 0 bridgehead atoms. The van der Waals surface area contributed by atoms with Gasteiger partial charge in [0.25, 0.3) is 0 Å². The highest BCUT2D eigenvalue weighted by Gasteiger charge is 2.44. The van der Waals surface area contributed by atoms with Crippen LogP contribution in [0.25, 0.3) is 0 Å². The predicted molar refractivity (Wildman–Crippen MR) is 127 cm³/mol. The number of nitrogens with one attached hydrogen (secondary N) is 3. The highest BCUT2D eigenvalue weighted by atomic mass is 32.2. The SMILES string of the molecule is CSc1cccc(NC(=O)CSC2=NNC3C4CC(c5ccccc5)NN4C=CN23)c1. The van der Waals surface area contributed by atoms with Gasteiger partial charge in [-0.2, -0.15) is 5.10 Å². The minimum atomic E-state index is -0.0382. The molecular weight excluding hydrogens is 428 g/mol. The summed E-state index contributed by atoms with van der Waals surface area (Å²) in [5.74, 6) is 0.268. The van der Waals surface area contributed by atoms with Crippen LogP contribution in [0.5, 0.6) is 0 Å². The summed E-state index contributed by atoms with van der Waals surface area (Å²) in [6, 6.07) is 18.9. The Morgan fingerprint density at radius 2 is 2.06 bits per heavy atom. The van der Waals surface area contributed by atoms with E-state index in [2.05, 4.69) is 61.6 Å². The third-order valence-corrected chi connectivity index (χ3v) is 7.28. The first-order chi connectivity index (χ1) is 15.2. The smallest absolute Gasteiger partial charge is 0.234 e. The third-order valence-electron chi connectivity index (χ3n) is 5.59. The van der Waals surface area contributed by atoms with Crippen LogP contribution in [0.2, 0.25) is 0 Å². The lowest BCUT2D eigenvalue weighted by Crippen LogP contribution is -2.54. The molecule has 3 aliphatic rings. The van der Waals surface area contributed by atoms with E-state index < -0.39 is 0 Å². The number of hydrogen-bond acceptors (Lipinski definition) is 8. The average molecular weight is 453 g/mol. The molecule has 2 aromatic carbocycles. The van der Waals surface area contributed by atoms with Gasteiger partial charge in [0.15, 0.2) is 5.17 Å². The van der Waals surface area contributed by atoms with Crippen LogP contribution in [0.4, 0.5) is 5.69 Å². The first-order valence-corrected chi connectivity index (χ1v) is 12.4. The van der Waals surface area contributed by atoms with Gasteiger partial charge in [0.05, 0.1) is 17.8 Å². The van der Waals surface area contributed by atoms with Crippen LogP contribution in [0, 0.1) is 0 Å². The van der Waals surface area contributed by atoms with Crippen molar-refractivity contribution < 1.29 is 4.79 Å². The number of carbonyl (C=O) groups excluding carboxylic acids is 1. The molecule has 1 saturated heterocycles. The topological polar surface area (TPSA) is 72.0 Å². The molecule has 5 rings (SSSR count). The maximum Gasteiger partial charge on any atom is 0.234 e. The molecule has 1 fully saturated rings. The molecule has 0 spiro atoms. The zero-order valence-corrected chi connectivity index (χ0v) is 18.7. The van der Waals surface area contributed by atoms with Crippen LogP contribution in [0.1, 0.15) is 18.0 Å². The highest BCUT2D eigenvalue weighted by Crippen LogP contribution is 2.35. The summed E-state index contributed by atoms with van der Waals surface area (Å²) in [5, 5.41) is 10.5. The van der Waals surface area contributed by atoms with Crippen LogP contribution in [-0.2, 0) is 4.79 Å². The largest absolute Gasteiger partial charge is 0.325 e. The number of nitrogens with zero attached hydrogens (tertiary/aromatic N) is 3. The van der Waals surface area contributed by atoms with Gasteiger partial charge in [0.2, 0.25) is 5.91 Å². The molecule has 3 unspecified atom stereocenters. The van der Waals surface area contributed by atoms with Crippen LogP contribution < -0.4 is 16.2 Å². The maximum absolute atomic E-state index is 12.4. The number of amidine groups is 1. The summed E-state index contributed by atoms with van der Waals surface area (Å²) in [7, 11) is 0. The van der Waals surface area contributed by atoms with Crippen molar-refractivity contribution in [2.75, 3.05) is 17.3 Å². The number of benzene rings is 2. The van der Waals surface area contributed by atoms with Gasteiger partial charge in [0, 0.05) is 23.0 Å². The Hall–Kier alpha value is -2.62. The molecular formula is C22H24N6OS2. The lowest BCUT2D eigenvalue weighted by Gasteiger charge is -2.36. The summed E-state index contributed by atoms with van der Waals surface area (Å²) >= 11 is 3.10. The first-order valence-electron chi connectivity index (χ1n) is 10.2. The number of hydrazone groups is 1. The fourth-order valence-corrected chi connectivity index (χ4v) is 5.31. The molecule has 3 aliphatic heterocycles. The van der Waals surface area contributed by atoms with Gasteiger partial charge in [-0.25, -0.2) is 5.43 Å². The molecule has 3 N–H and O–H groups in total. The van der Waals surface area contributed by atoms with Crippen LogP contribution in [0.3, 0.4) is 0 Å². The van der Waals surface area contributed by atoms with Gasteiger partial charge in [-0.15, -0.1) is 11.8 Å². The summed E-state index contributed by atoms with van der Waals surface area (Å²) in [5.41, 5.74) is 8.95. The quantitative estimate of drug-likeness (QED) is 0.601. The van der Waals surface area contributed by atoms with E-state index in [1.54, 1.807) is 11.8 Å². The number of amides is 1. The summed E-state index contributed by atoms with van der Waals surface area (Å²) in [4.78, 5) is 15.7. The number of hydrazine groups is 1. The molecule has 0 radical (unpaired) electrons. The number of thioether (sulfide) groups is 2. The van der Waals surface area contributed by atoms with Crippen LogP contribution in [-0.4, -0.2) is 45.2 Å². The fraction of sp³-hybridized carbons (Fsp3) is 0.273. The van der Waals surface area contributed by atoms with Gasteiger partial charge in [-0.05, 0) is 36.4 Å². The zero-order chi connectivity index (χ0) is 21.2. The van der Waals surface area contributed by atoms with E-state index in [1.807, 2.05) is 42.8 Å². The number of fused-ring (bicyclic) bond motifs is 3. The van der Waals surface area contributed by atoms with Crippen LogP contribution >= 0.6 is 23.5 Å². The first kappa shape index (κ1) is 20.3. The van der Waals surface area contributed by atoms with E-state index in [0.717, 1.165) is 22.2 Å². The highest BCUT2D eigenvalue weighted by molar-refractivity contribution is 8.14. The Balaban J connectivity index is 1.17. The lowest BCUT2D eigenvalue weighted by atomic mass is 10.00. The minimum Gasteiger partial charge on any atom is -0.325 e. The Morgan fingerprint density at radius 3 is 2.90 bits per heavy atom. The van der Waals surface area contributed by atoms with E-state index in [0.29, 0.717) is 5.75 Å². The molecule has 9 heteroatoms. The Bertz CT molecular complexity index is 1010. The molecule has 3 heterocycles. The van der Waals surface area contributed by atoms with E-state index in [-0.39, 0.29) is 24.2 Å². The van der Waals surface area contributed by atoms with E-state index in [4.69, 9.17) is 0 Å². The minimum absolute atomic E-state index is 0.0382. The number of anilines is 1. The number of rotatable bonds is 5. The molecule has 160 valence electrons. The molecule has 31 heavy (non-hydrogen) atoms. The fourth-order valence-electron chi connectivity index (χ4n) is 4.08. The number of hydrogen-bond donors (Lipinski definition) is 3. The van der Waals surface area contributed by atoms with Crippen molar-refractivity contribution in [3.63, 3.8) is 0 Å². The molecule has 2 aromatic rings. The second kappa shape index (κ2) is 8.86. The van der Waals surface area contributed by atoms with E-state index in [1.165, 1.54) is 17.3 Å². The molecule has 0 saturated carbocycles. The summed E-state index contributed by atoms with van der Waals surface area (Å²) in [6.45, 7) is 0. The third kappa shape index (κ3) is 4.26. The molecule has 3 atom stereocenters. The average Bonchev–Trinajstić information content (AvgIpc) is 3.42. The normalized spacial score (nSPS) is 23.8. The van der Waals surface area contributed by atoms with Crippen molar-refractivity contribution in [1.29, 1.82) is 0 Å². The van der Waals surface area contributed by atoms with Crippen molar-refractivity contribution in [3.8, 4) is 0 Å². The maximum atomic E-state index is 12.4. The molecule has 7 nitrogen and oxygen atoms in total. The van der Waals surface area contributed by atoms with Crippen molar-refractivity contribution in [2.45, 2.75) is 29.6 Å². The molecule has 0 aromatic heterocycles. The molecule has 1 amide bonds. The predicted octanol–water partition coefficient (Wildman–Crippen LogP) is 3.39. The van der Waals surface area contributed by atoms with Crippen molar-refractivity contribution in [1.82, 2.24) is 20.8 Å². The van der Waals surface area contributed by atoms with Gasteiger partial charge < -0.3 is 15.2 Å².